The second kappa shape index (κ2) is 12.8. The molecular weight excluding hydrogens is 370 g/mol. The van der Waals surface area contributed by atoms with Gasteiger partial charge in [0.2, 0.25) is 11.8 Å². The molecule has 0 rings (SSSR count). The van der Waals surface area contributed by atoms with Gasteiger partial charge in [0.15, 0.2) is 0 Å². The highest BCUT2D eigenvalue weighted by Crippen LogP contribution is 2.03. The van der Waals surface area contributed by atoms with Crippen LogP contribution in [0.1, 0.15) is 25.7 Å². The number of thiol groups is 1. The molecule has 2 amide bonds. The lowest BCUT2D eigenvalue weighted by Crippen LogP contribution is -2.52. The van der Waals surface area contributed by atoms with Crippen molar-refractivity contribution in [1.29, 1.82) is 0 Å². The van der Waals surface area contributed by atoms with Gasteiger partial charge < -0.3 is 26.6 Å². The Balaban J connectivity index is 4.56. The molecule has 0 spiro atoms. The van der Waals surface area contributed by atoms with Gasteiger partial charge in [-0.15, -0.1) is 0 Å². The predicted molar refractivity (Wildman–Crippen MR) is 97.8 cm³/mol. The minimum atomic E-state index is -1.15. The molecule has 0 unspecified atom stereocenters. The van der Waals surface area contributed by atoms with Crippen LogP contribution in [0.3, 0.4) is 0 Å². The van der Waals surface area contributed by atoms with Gasteiger partial charge in [-0.25, -0.2) is 4.79 Å². The van der Waals surface area contributed by atoms with Gasteiger partial charge in [-0.05, 0) is 31.3 Å². The number of carbonyl (C=O) groups excluding carboxylic acids is 2. The fraction of sp³-hybridized carbons (Fsp3) is 0.714. The lowest BCUT2D eigenvalue weighted by molar-refractivity contribution is -0.141. The Morgan fingerprint density at radius 3 is 2.20 bits per heavy atom. The highest BCUT2D eigenvalue weighted by atomic mass is 32.2. The maximum absolute atomic E-state index is 12.2. The monoisotopic (exact) mass is 395 g/mol. The number of nitrogens with two attached hydrogens (primary N) is 1. The Bertz CT molecular complexity index is 477. The molecule has 0 bridgehead atoms. The third-order valence-electron chi connectivity index (χ3n) is 3.25. The van der Waals surface area contributed by atoms with Gasteiger partial charge in [0.05, 0.1) is 0 Å². The van der Waals surface area contributed by atoms with Gasteiger partial charge in [0, 0.05) is 12.2 Å². The Morgan fingerprint density at radius 1 is 1.08 bits per heavy atom. The molecule has 9 nitrogen and oxygen atoms in total. The van der Waals surface area contributed by atoms with Crippen molar-refractivity contribution in [2.75, 3.05) is 17.8 Å². The molecular formula is C14H25N3O6S2. The van der Waals surface area contributed by atoms with Crippen molar-refractivity contribution in [3.8, 4) is 0 Å². The Kier molecular flexibility index (Phi) is 12.1. The van der Waals surface area contributed by atoms with Crippen molar-refractivity contribution in [2.24, 2.45) is 5.73 Å². The minimum Gasteiger partial charge on any atom is -0.480 e. The fourth-order valence-electron chi connectivity index (χ4n) is 1.88. The number of hydrogen-bond donors (Lipinski definition) is 6. The highest BCUT2D eigenvalue weighted by Gasteiger charge is 2.25. The van der Waals surface area contributed by atoms with Crippen LogP contribution in [0, 0.1) is 0 Å². The summed E-state index contributed by atoms with van der Waals surface area (Å²) in [4.78, 5) is 45.8. The van der Waals surface area contributed by atoms with Crippen LogP contribution >= 0.6 is 24.4 Å². The van der Waals surface area contributed by atoms with E-state index in [0.29, 0.717) is 5.75 Å². The van der Waals surface area contributed by atoms with Crippen LogP contribution in [0.4, 0.5) is 0 Å². The van der Waals surface area contributed by atoms with E-state index in [1.54, 1.807) is 6.26 Å². The van der Waals surface area contributed by atoms with Crippen LogP contribution in [0.25, 0.3) is 0 Å². The standard InChI is InChI=1S/C14H25N3O6S2/c1-25-7-10(14(22)23)17-12(19)9(5-6-24)16-11(18)4-2-3-8(15)13(20)21/h8-10,24H,2-7,15H2,1H3,(H,16,18)(H,17,19)(H,20,21)(H,22,23)/t8-,9-,10+/m0/s1. The van der Waals surface area contributed by atoms with Gasteiger partial charge in [0.25, 0.3) is 0 Å². The number of carbonyl (C=O) groups is 4. The highest BCUT2D eigenvalue weighted by molar-refractivity contribution is 7.98. The number of aliphatic carboxylic acids is 2. The van der Waals surface area contributed by atoms with Gasteiger partial charge in [0.1, 0.15) is 18.1 Å². The second-order valence-electron chi connectivity index (χ2n) is 5.32. The number of carboxylic acids is 2. The first-order chi connectivity index (χ1) is 11.7. The molecule has 0 aliphatic rings. The van der Waals surface area contributed by atoms with Crippen LogP contribution < -0.4 is 16.4 Å². The molecule has 0 fully saturated rings. The summed E-state index contributed by atoms with van der Waals surface area (Å²) in [5, 5.41) is 22.7. The Labute approximate surface area is 155 Å². The first kappa shape index (κ1) is 23.5. The fourth-order valence-corrected chi connectivity index (χ4v) is 2.70. The number of carboxylic acid groups (broad SMARTS) is 2. The maximum atomic E-state index is 12.2. The van der Waals surface area contributed by atoms with Gasteiger partial charge in [-0.3, -0.25) is 14.4 Å². The third kappa shape index (κ3) is 10.2. The summed E-state index contributed by atoms with van der Waals surface area (Å²) in [6.07, 6.45) is 2.38. The molecule has 0 aliphatic heterocycles. The third-order valence-corrected chi connectivity index (χ3v) is 4.18. The number of rotatable bonds is 13. The number of nitrogens with one attached hydrogen (secondary N) is 2. The Morgan fingerprint density at radius 2 is 1.72 bits per heavy atom. The van der Waals surface area contributed by atoms with Crippen molar-refractivity contribution >= 4 is 48.1 Å². The molecule has 0 saturated heterocycles. The molecule has 144 valence electrons. The summed E-state index contributed by atoms with van der Waals surface area (Å²) < 4.78 is 0. The van der Waals surface area contributed by atoms with Crippen molar-refractivity contribution in [3.05, 3.63) is 0 Å². The molecule has 6 N–H and O–H groups in total. The van der Waals surface area contributed by atoms with E-state index in [9.17, 15) is 19.2 Å². The molecule has 11 heteroatoms. The van der Waals surface area contributed by atoms with Crippen LogP contribution in [0.5, 0.6) is 0 Å². The lowest BCUT2D eigenvalue weighted by Gasteiger charge is -2.20. The van der Waals surface area contributed by atoms with Gasteiger partial charge >= 0.3 is 11.9 Å². The predicted octanol–water partition coefficient (Wildman–Crippen LogP) is -0.694. The molecule has 25 heavy (non-hydrogen) atoms. The van der Waals surface area contributed by atoms with E-state index < -0.39 is 41.9 Å². The van der Waals surface area contributed by atoms with Crippen molar-refractivity contribution in [3.63, 3.8) is 0 Å². The number of thioether (sulfide) groups is 1. The van der Waals surface area contributed by atoms with E-state index in [4.69, 9.17) is 15.9 Å². The van der Waals surface area contributed by atoms with Crippen molar-refractivity contribution in [1.82, 2.24) is 10.6 Å². The molecule has 0 heterocycles. The van der Waals surface area contributed by atoms with E-state index >= 15 is 0 Å². The number of amides is 2. The summed E-state index contributed by atoms with van der Waals surface area (Å²) in [5.74, 6) is -2.79. The van der Waals surface area contributed by atoms with Crippen LogP contribution in [-0.2, 0) is 19.2 Å². The summed E-state index contributed by atoms with van der Waals surface area (Å²) in [6, 6.07) is -2.98. The molecule has 3 atom stereocenters. The summed E-state index contributed by atoms with van der Waals surface area (Å²) in [7, 11) is 0. The van der Waals surface area contributed by atoms with E-state index in [-0.39, 0.29) is 31.4 Å². The number of hydrogen-bond acceptors (Lipinski definition) is 7. The maximum Gasteiger partial charge on any atom is 0.327 e. The smallest absolute Gasteiger partial charge is 0.327 e. The average Bonchev–Trinajstić information content (AvgIpc) is 2.53. The lowest BCUT2D eigenvalue weighted by atomic mass is 10.1. The minimum absolute atomic E-state index is 0.0184. The molecule has 0 aliphatic carbocycles. The normalized spacial score (nSPS) is 14.2. The van der Waals surface area contributed by atoms with Gasteiger partial charge in [-0.1, -0.05) is 0 Å². The van der Waals surface area contributed by atoms with E-state index in [2.05, 4.69) is 23.3 Å². The quantitative estimate of drug-likeness (QED) is 0.223. The van der Waals surface area contributed by atoms with E-state index in [1.807, 2.05) is 0 Å². The van der Waals surface area contributed by atoms with E-state index in [1.165, 1.54) is 11.8 Å². The summed E-state index contributed by atoms with van der Waals surface area (Å²) in [5.41, 5.74) is 5.35. The first-order valence-corrected chi connectivity index (χ1v) is 9.66. The second-order valence-corrected chi connectivity index (χ2v) is 6.68. The van der Waals surface area contributed by atoms with Crippen molar-refractivity contribution in [2.45, 2.75) is 43.8 Å². The zero-order valence-corrected chi connectivity index (χ0v) is 15.6. The average molecular weight is 396 g/mol. The zero-order valence-electron chi connectivity index (χ0n) is 13.9. The summed E-state index contributed by atoms with van der Waals surface area (Å²) in [6.45, 7) is 0. The molecule has 0 aromatic carbocycles. The van der Waals surface area contributed by atoms with Crippen LogP contribution in [0.2, 0.25) is 0 Å². The summed E-state index contributed by atoms with van der Waals surface area (Å²) >= 11 is 5.31. The topological polar surface area (TPSA) is 159 Å². The largest absolute Gasteiger partial charge is 0.480 e. The molecule has 0 saturated carbocycles. The zero-order chi connectivity index (χ0) is 19.4. The SMILES string of the molecule is CSC[C@@H](NC(=O)[C@H](CCS)NC(=O)CCC[C@H](N)C(=O)O)C(=O)O. The van der Waals surface area contributed by atoms with Crippen LogP contribution in [-0.4, -0.2) is 69.9 Å². The van der Waals surface area contributed by atoms with Gasteiger partial charge in [-0.2, -0.15) is 24.4 Å². The first-order valence-electron chi connectivity index (χ1n) is 7.63. The van der Waals surface area contributed by atoms with Crippen molar-refractivity contribution < 1.29 is 29.4 Å². The van der Waals surface area contributed by atoms with Crippen LogP contribution in [0.15, 0.2) is 0 Å². The molecule has 0 aromatic rings. The Hall–Kier alpha value is -1.46. The molecule has 0 radical (unpaired) electrons. The van der Waals surface area contributed by atoms with E-state index in [0.717, 1.165) is 0 Å². The molecule has 0 aromatic heterocycles.